The fourth-order valence-electron chi connectivity index (χ4n) is 3.18. The van der Waals surface area contributed by atoms with Gasteiger partial charge >= 0.3 is 0 Å². The van der Waals surface area contributed by atoms with E-state index in [1.54, 1.807) is 0 Å². The minimum Gasteiger partial charge on any atom is -0.314 e. The van der Waals surface area contributed by atoms with Gasteiger partial charge in [0.05, 0.1) is 0 Å². The first kappa shape index (κ1) is 9.51. The Bertz CT molecular complexity index is 149. The monoisotopic (exact) mass is 181 g/mol. The third-order valence-electron chi connectivity index (χ3n) is 4.07. The second-order valence-electron chi connectivity index (χ2n) is 4.90. The summed E-state index contributed by atoms with van der Waals surface area (Å²) in [7, 11) is 0. The summed E-state index contributed by atoms with van der Waals surface area (Å²) in [5.41, 5.74) is 0. The SMILES string of the molecule is CCC1CCCC(C2CCCN2)C1. The summed E-state index contributed by atoms with van der Waals surface area (Å²) >= 11 is 0. The van der Waals surface area contributed by atoms with Gasteiger partial charge in [-0.1, -0.05) is 26.2 Å². The van der Waals surface area contributed by atoms with Gasteiger partial charge in [0.25, 0.3) is 0 Å². The van der Waals surface area contributed by atoms with Crippen molar-refractivity contribution in [1.29, 1.82) is 0 Å². The van der Waals surface area contributed by atoms with Crippen LogP contribution in [0.15, 0.2) is 0 Å². The van der Waals surface area contributed by atoms with Gasteiger partial charge in [0.15, 0.2) is 0 Å². The fraction of sp³-hybridized carbons (Fsp3) is 1.00. The van der Waals surface area contributed by atoms with Crippen LogP contribution >= 0.6 is 0 Å². The van der Waals surface area contributed by atoms with Crippen molar-refractivity contribution in [3.8, 4) is 0 Å². The third kappa shape index (κ3) is 2.25. The first-order valence-electron chi connectivity index (χ1n) is 6.13. The van der Waals surface area contributed by atoms with E-state index in [0.29, 0.717) is 0 Å². The van der Waals surface area contributed by atoms with Gasteiger partial charge in [-0.05, 0) is 44.1 Å². The molecule has 0 amide bonds. The second kappa shape index (κ2) is 4.45. The molecule has 1 nitrogen and oxygen atoms in total. The first-order valence-corrected chi connectivity index (χ1v) is 6.13. The lowest BCUT2D eigenvalue weighted by atomic mass is 9.76. The average Bonchev–Trinajstić information content (AvgIpc) is 2.71. The Morgan fingerprint density at radius 3 is 2.77 bits per heavy atom. The maximum atomic E-state index is 3.67. The van der Waals surface area contributed by atoms with E-state index in [2.05, 4.69) is 12.2 Å². The van der Waals surface area contributed by atoms with Gasteiger partial charge in [0.2, 0.25) is 0 Å². The molecule has 3 atom stereocenters. The molecule has 2 fully saturated rings. The van der Waals surface area contributed by atoms with Crippen LogP contribution in [0.25, 0.3) is 0 Å². The summed E-state index contributed by atoms with van der Waals surface area (Å²) in [6.45, 7) is 3.63. The predicted molar refractivity (Wildman–Crippen MR) is 56.8 cm³/mol. The van der Waals surface area contributed by atoms with E-state index >= 15 is 0 Å². The summed E-state index contributed by atoms with van der Waals surface area (Å²) in [6, 6.07) is 0.884. The molecule has 1 aliphatic carbocycles. The van der Waals surface area contributed by atoms with Crippen molar-refractivity contribution < 1.29 is 0 Å². The molecule has 2 rings (SSSR count). The van der Waals surface area contributed by atoms with Gasteiger partial charge in [-0.25, -0.2) is 0 Å². The molecule has 1 N–H and O–H groups in total. The van der Waals surface area contributed by atoms with Gasteiger partial charge in [0, 0.05) is 6.04 Å². The van der Waals surface area contributed by atoms with Crippen LogP contribution in [0.4, 0.5) is 0 Å². The van der Waals surface area contributed by atoms with Crippen LogP contribution in [0.1, 0.15) is 51.9 Å². The van der Waals surface area contributed by atoms with Gasteiger partial charge in [-0.3, -0.25) is 0 Å². The molecule has 1 aliphatic heterocycles. The molecular formula is C12H23N. The second-order valence-corrected chi connectivity index (χ2v) is 4.90. The molecule has 1 heterocycles. The van der Waals surface area contributed by atoms with Crippen molar-refractivity contribution in [2.75, 3.05) is 6.54 Å². The van der Waals surface area contributed by atoms with Gasteiger partial charge < -0.3 is 5.32 Å². The fourth-order valence-corrected chi connectivity index (χ4v) is 3.18. The largest absolute Gasteiger partial charge is 0.314 e. The maximum Gasteiger partial charge on any atom is 0.00958 e. The van der Waals surface area contributed by atoms with Crippen LogP contribution in [-0.4, -0.2) is 12.6 Å². The molecular weight excluding hydrogens is 158 g/mol. The quantitative estimate of drug-likeness (QED) is 0.690. The topological polar surface area (TPSA) is 12.0 Å². The van der Waals surface area contributed by atoms with Crippen molar-refractivity contribution in [1.82, 2.24) is 5.32 Å². The summed E-state index contributed by atoms with van der Waals surface area (Å²) in [5.74, 6) is 2.06. The Balaban J connectivity index is 1.84. The van der Waals surface area contributed by atoms with E-state index in [-0.39, 0.29) is 0 Å². The number of hydrogen-bond acceptors (Lipinski definition) is 1. The molecule has 2 aliphatic rings. The molecule has 0 bridgehead atoms. The Hall–Kier alpha value is -0.0400. The van der Waals surface area contributed by atoms with Crippen LogP contribution < -0.4 is 5.32 Å². The third-order valence-corrected chi connectivity index (χ3v) is 4.07. The molecule has 0 aromatic heterocycles. The molecule has 0 spiro atoms. The standard InChI is InChI=1S/C12H23N/c1-2-10-5-3-6-11(9-10)12-7-4-8-13-12/h10-13H,2-9H2,1H3. The molecule has 1 saturated heterocycles. The van der Waals surface area contributed by atoms with Gasteiger partial charge in [-0.2, -0.15) is 0 Å². The highest BCUT2D eigenvalue weighted by molar-refractivity contribution is 4.85. The molecule has 1 heteroatoms. The van der Waals surface area contributed by atoms with E-state index in [4.69, 9.17) is 0 Å². The lowest BCUT2D eigenvalue weighted by Crippen LogP contribution is -2.33. The lowest BCUT2D eigenvalue weighted by molar-refractivity contribution is 0.219. The molecule has 0 aromatic rings. The summed E-state index contributed by atoms with van der Waals surface area (Å²) in [4.78, 5) is 0. The number of rotatable bonds is 2. The maximum absolute atomic E-state index is 3.67. The Labute approximate surface area is 82.3 Å². The molecule has 76 valence electrons. The van der Waals surface area contributed by atoms with Crippen LogP contribution in [-0.2, 0) is 0 Å². The molecule has 13 heavy (non-hydrogen) atoms. The minimum atomic E-state index is 0.884. The minimum absolute atomic E-state index is 0.884. The zero-order valence-electron chi connectivity index (χ0n) is 8.89. The zero-order valence-corrected chi connectivity index (χ0v) is 8.89. The Morgan fingerprint density at radius 1 is 1.15 bits per heavy atom. The highest BCUT2D eigenvalue weighted by atomic mass is 14.9. The van der Waals surface area contributed by atoms with E-state index < -0.39 is 0 Å². The van der Waals surface area contributed by atoms with Crippen molar-refractivity contribution in [2.45, 2.75) is 57.9 Å². The summed E-state index contributed by atoms with van der Waals surface area (Å²) in [6.07, 6.45) is 10.3. The van der Waals surface area contributed by atoms with E-state index in [1.165, 1.54) is 51.5 Å². The van der Waals surface area contributed by atoms with Crippen LogP contribution in [0.3, 0.4) is 0 Å². The van der Waals surface area contributed by atoms with E-state index in [9.17, 15) is 0 Å². The predicted octanol–water partition coefficient (Wildman–Crippen LogP) is 2.95. The molecule has 1 saturated carbocycles. The van der Waals surface area contributed by atoms with Crippen molar-refractivity contribution in [2.24, 2.45) is 11.8 Å². The molecule has 3 unspecified atom stereocenters. The van der Waals surface area contributed by atoms with Crippen molar-refractivity contribution >= 4 is 0 Å². The van der Waals surface area contributed by atoms with E-state index in [0.717, 1.165) is 17.9 Å². The molecule has 0 aromatic carbocycles. The van der Waals surface area contributed by atoms with Gasteiger partial charge in [-0.15, -0.1) is 0 Å². The zero-order chi connectivity index (χ0) is 9.10. The normalized spacial score (nSPS) is 40.8. The number of nitrogens with one attached hydrogen (secondary N) is 1. The first-order chi connectivity index (χ1) is 6.40. The summed E-state index contributed by atoms with van der Waals surface area (Å²) in [5, 5.41) is 3.67. The smallest absolute Gasteiger partial charge is 0.00958 e. The highest BCUT2D eigenvalue weighted by Crippen LogP contribution is 2.34. The van der Waals surface area contributed by atoms with Crippen molar-refractivity contribution in [3.63, 3.8) is 0 Å². The van der Waals surface area contributed by atoms with E-state index in [1.807, 2.05) is 0 Å². The highest BCUT2D eigenvalue weighted by Gasteiger charge is 2.28. The van der Waals surface area contributed by atoms with Gasteiger partial charge in [0.1, 0.15) is 0 Å². The number of hydrogen-bond donors (Lipinski definition) is 1. The Kier molecular flexibility index (Phi) is 3.26. The van der Waals surface area contributed by atoms with Crippen LogP contribution in [0, 0.1) is 11.8 Å². The van der Waals surface area contributed by atoms with Crippen LogP contribution in [0.5, 0.6) is 0 Å². The summed E-state index contributed by atoms with van der Waals surface area (Å²) < 4.78 is 0. The average molecular weight is 181 g/mol. The molecule has 0 radical (unpaired) electrons. The van der Waals surface area contributed by atoms with Crippen molar-refractivity contribution in [3.05, 3.63) is 0 Å². The Morgan fingerprint density at radius 2 is 2.08 bits per heavy atom. The van der Waals surface area contributed by atoms with Crippen LogP contribution in [0.2, 0.25) is 0 Å². The lowest BCUT2D eigenvalue weighted by Gasteiger charge is -2.32.